The van der Waals surface area contributed by atoms with E-state index >= 15 is 0 Å². The Kier molecular flexibility index (Phi) is 5.75. The molecular formula is C12H24N2O3. The molecule has 0 bridgehead atoms. The third kappa shape index (κ3) is 5.26. The van der Waals surface area contributed by atoms with Crippen LogP contribution in [0.3, 0.4) is 0 Å². The first-order valence-electron chi connectivity index (χ1n) is 5.91. The quantitative estimate of drug-likeness (QED) is 0.595. The second kappa shape index (κ2) is 6.10. The van der Waals surface area contributed by atoms with Crippen LogP contribution in [0, 0.1) is 5.92 Å². The minimum Gasteiger partial charge on any atom is -0.464 e. The molecule has 0 aromatic heterocycles. The van der Waals surface area contributed by atoms with Crippen molar-refractivity contribution in [1.82, 2.24) is 0 Å². The molecule has 100 valence electrons. The lowest BCUT2D eigenvalue weighted by Crippen LogP contribution is -2.47. The fourth-order valence-corrected chi connectivity index (χ4v) is 1.09. The largest absolute Gasteiger partial charge is 0.464 e. The summed E-state index contributed by atoms with van der Waals surface area (Å²) in [7, 11) is 0. The fourth-order valence-electron chi connectivity index (χ4n) is 1.09. The normalized spacial score (nSPS) is 16.2. The highest BCUT2D eigenvalue weighted by atomic mass is 16.5. The van der Waals surface area contributed by atoms with E-state index in [9.17, 15) is 9.90 Å². The summed E-state index contributed by atoms with van der Waals surface area (Å²) in [5.74, 6) is -0.914. The molecule has 0 radical (unpaired) electrons. The van der Waals surface area contributed by atoms with Crippen molar-refractivity contribution >= 4 is 5.97 Å². The van der Waals surface area contributed by atoms with Crippen LogP contribution < -0.4 is 0 Å². The standard InChI is InChI=1S/C12H24N2O3/c1-7-17-10(15)12(16,9(2)3)8-13-14-11(4,5)6/h9,16H,7-8H2,1-6H3. The lowest BCUT2D eigenvalue weighted by Gasteiger charge is -2.27. The van der Waals surface area contributed by atoms with Crippen molar-refractivity contribution in [1.29, 1.82) is 0 Å². The van der Waals surface area contributed by atoms with E-state index in [0.29, 0.717) is 0 Å². The van der Waals surface area contributed by atoms with Crippen LogP contribution in [-0.4, -0.2) is 35.4 Å². The molecule has 0 fully saturated rings. The maximum Gasteiger partial charge on any atom is 0.340 e. The highest BCUT2D eigenvalue weighted by Crippen LogP contribution is 2.20. The predicted molar refractivity (Wildman–Crippen MR) is 65.9 cm³/mol. The summed E-state index contributed by atoms with van der Waals surface area (Å²) in [6, 6.07) is 0. The molecule has 1 N–H and O–H groups in total. The van der Waals surface area contributed by atoms with Crippen molar-refractivity contribution in [2.75, 3.05) is 13.2 Å². The molecular weight excluding hydrogens is 220 g/mol. The lowest BCUT2D eigenvalue weighted by molar-refractivity contribution is -0.168. The lowest BCUT2D eigenvalue weighted by atomic mass is 9.90. The first-order chi connectivity index (χ1) is 7.63. The Hall–Kier alpha value is -0.970. The van der Waals surface area contributed by atoms with Gasteiger partial charge < -0.3 is 9.84 Å². The number of carbonyl (C=O) groups excluding carboxylic acids is 1. The number of hydrogen-bond donors (Lipinski definition) is 1. The Morgan fingerprint density at radius 1 is 1.35 bits per heavy atom. The van der Waals surface area contributed by atoms with E-state index in [4.69, 9.17) is 4.74 Å². The molecule has 0 amide bonds. The zero-order valence-corrected chi connectivity index (χ0v) is 11.6. The average molecular weight is 244 g/mol. The Balaban J connectivity index is 4.75. The molecule has 0 saturated heterocycles. The molecule has 0 spiro atoms. The highest BCUT2D eigenvalue weighted by molar-refractivity contribution is 5.80. The maximum absolute atomic E-state index is 11.7. The van der Waals surface area contributed by atoms with E-state index in [1.807, 2.05) is 20.8 Å². The van der Waals surface area contributed by atoms with Gasteiger partial charge in [0.15, 0.2) is 5.60 Å². The number of ether oxygens (including phenoxy) is 1. The molecule has 0 aliphatic carbocycles. The van der Waals surface area contributed by atoms with Crippen molar-refractivity contribution in [3.8, 4) is 0 Å². The molecule has 1 unspecified atom stereocenters. The van der Waals surface area contributed by atoms with Gasteiger partial charge in [0, 0.05) is 0 Å². The number of hydrogen-bond acceptors (Lipinski definition) is 5. The maximum atomic E-state index is 11.7. The van der Waals surface area contributed by atoms with Gasteiger partial charge in [0.2, 0.25) is 0 Å². The summed E-state index contributed by atoms with van der Waals surface area (Å²) >= 11 is 0. The minimum atomic E-state index is -1.59. The summed E-state index contributed by atoms with van der Waals surface area (Å²) in [5.41, 5.74) is -1.91. The number of aliphatic hydroxyl groups is 1. The van der Waals surface area contributed by atoms with Crippen LogP contribution in [0.2, 0.25) is 0 Å². The Morgan fingerprint density at radius 2 is 1.88 bits per heavy atom. The van der Waals surface area contributed by atoms with Crippen LogP contribution in [0.5, 0.6) is 0 Å². The second-order valence-electron chi connectivity index (χ2n) is 5.37. The monoisotopic (exact) mass is 244 g/mol. The van der Waals surface area contributed by atoms with Gasteiger partial charge in [0.1, 0.15) is 0 Å². The predicted octanol–water partition coefficient (Wildman–Crippen LogP) is 2.19. The van der Waals surface area contributed by atoms with Crippen LogP contribution in [-0.2, 0) is 9.53 Å². The third-order valence-corrected chi connectivity index (χ3v) is 2.27. The van der Waals surface area contributed by atoms with E-state index in [0.717, 1.165) is 0 Å². The first kappa shape index (κ1) is 16.0. The van der Waals surface area contributed by atoms with E-state index < -0.39 is 11.6 Å². The molecule has 5 nitrogen and oxygen atoms in total. The van der Waals surface area contributed by atoms with Crippen LogP contribution in [0.15, 0.2) is 10.2 Å². The van der Waals surface area contributed by atoms with Gasteiger partial charge in [-0.15, -0.1) is 0 Å². The van der Waals surface area contributed by atoms with E-state index in [1.54, 1.807) is 20.8 Å². The topological polar surface area (TPSA) is 71.2 Å². The smallest absolute Gasteiger partial charge is 0.340 e. The van der Waals surface area contributed by atoms with E-state index in [2.05, 4.69) is 10.2 Å². The first-order valence-corrected chi connectivity index (χ1v) is 5.91. The summed E-state index contributed by atoms with van der Waals surface area (Å²) < 4.78 is 4.86. The molecule has 0 rings (SSSR count). The van der Waals surface area contributed by atoms with Gasteiger partial charge in [0.25, 0.3) is 0 Å². The molecule has 0 aliphatic heterocycles. The van der Waals surface area contributed by atoms with Gasteiger partial charge in [-0.05, 0) is 33.6 Å². The molecule has 0 aromatic rings. The van der Waals surface area contributed by atoms with Crippen LogP contribution in [0.25, 0.3) is 0 Å². The molecule has 5 heteroatoms. The second-order valence-corrected chi connectivity index (χ2v) is 5.37. The van der Waals surface area contributed by atoms with Gasteiger partial charge in [-0.25, -0.2) is 4.79 Å². The van der Waals surface area contributed by atoms with Crippen LogP contribution in [0.1, 0.15) is 41.5 Å². The zero-order valence-electron chi connectivity index (χ0n) is 11.6. The van der Waals surface area contributed by atoms with Crippen molar-refractivity contribution in [3.63, 3.8) is 0 Å². The average Bonchev–Trinajstić information content (AvgIpc) is 2.15. The van der Waals surface area contributed by atoms with E-state index in [-0.39, 0.29) is 24.6 Å². The summed E-state index contributed by atoms with van der Waals surface area (Å²) in [6.45, 7) is 11.1. The fraction of sp³-hybridized carbons (Fsp3) is 0.917. The van der Waals surface area contributed by atoms with Gasteiger partial charge in [-0.1, -0.05) is 13.8 Å². The number of rotatable bonds is 5. The molecule has 1 atom stereocenters. The van der Waals surface area contributed by atoms with Crippen molar-refractivity contribution in [2.24, 2.45) is 16.1 Å². The number of nitrogens with zero attached hydrogens (tertiary/aromatic N) is 2. The molecule has 0 heterocycles. The molecule has 17 heavy (non-hydrogen) atoms. The Labute approximate surface area is 103 Å². The van der Waals surface area contributed by atoms with Gasteiger partial charge in [-0.3, -0.25) is 0 Å². The van der Waals surface area contributed by atoms with E-state index in [1.165, 1.54) is 0 Å². The van der Waals surface area contributed by atoms with Gasteiger partial charge >= 0.3 is 5.97 Å². The highest BCUT2D eigenvalue weighted by Gasteiger charge is 2.41. The SMILES string of the molecule is CCOC(=O)C(O)(CN=NC(C)(C)C)C(C)C. The summed E-state index contributed by atoms with van der Waals surface area (Å²) in [6.07, 6.45) is 0. The number of carbonyl (C=O) groups is 1. The van der Waals surface area contributed by atoms with Gasteiger partial charge in [-0.2, -0.15) is 10.2 Å². The van der Waals surface area contributed by atoms with Gasteiger partial charge in [0.05, 0.1) is 18.7 Å². The molecule has 0 aromatic carbocycles. The summed E-state index contributed by atoms with van der Waals surface area (Å²) in [5, 5.41) is 18.2. The summed E-state index contributed by atoms with van der Waals surface area (Å²) in [4.78, 5) is 11.7. The Morgan fingerprint density at radius 3 is 2.24 bits per heavy atom. The third-order valence-electron chi connectivity index (χ3n) is 2.27. The van der Waals surface area contributed by atoms with Crippen LogP contribution >= 0.6 is 0 Å². The zero-order chi connectivity index (χ0) is 13.7. The Bertz CT molecular complexity index is 282. The number of esters is 1. The van der Waals surface area contributed by atoms with Crippen LogP contribution in [0.4, 0.5) is 0 Å². The van der Waals surface area contributed by atoms with Crippen molar-refractivity contribution in [3.05, 3.63) is 0 Å². The molecule has 0 aliphatic rings. The minimum absolute atomic E-state index is 0.0687. The van der Waals surface area contributed by atoms with Crippen molar-refractivity contribution < 1.29 is 14.6 Å². The van der Waals surface area contributed by atoms with Crippen molar-refractivity contribution in [2.45, 2.75) is 52.7 Å². The number of azo groups is 1. The molecule has 0 saturated carbocycles.